The lowest BCUT2D eigenvalue weighted by Gasteiger charge is -2.28. The van der Waals surface area contributed by atoms with Gasteiger partial charge in [-0.2, -0.15) is 0 Å². The summed E-state index contributed by atoms with van der Waals surface area (Å²) in [7, 11) is 1.25. The molecule has 3 atom stereocenters. The minimum Gasteiger partial charge on any atom is -0.467 e. The second kappa shape index (κ2) is 8.73. The van der Waals surface area contributed by atoms with Gasteiger partial charge in [0.1, 0.15) is 6.04 Å². The van der Waals surface area contributed by atoms with E-state index in [4.69, 9.17) is 15.6 Å². The Hall–Kier alpha value is -2.80. The minimum atomic E-state index is -0.969. The van der Waals surface area contributed by atoms with Gasteiger partial charge in [0.25, 0.3) is 5.91 Å². The van der Waals surface area contributed by atoms with E-state index in [0.29, 0.717) is 11.5 Å². The zero-order valence-corrected chi connectivity index (χ0v) is 15.7. The molecule has 6 heteroatoms. The third-order valence-electron chi connectivity index (χ3n) is 4.29. The molecule has 0 radical (unpaired) electrons. The van der Waals surface area contributed by atoms with Crippen molar-refractivity contribution >= 4 is 11.9 Å². The summed E-state index contributed by atoms with van der Waals surface area (Å²) in [6.07, 6.45) is 0.932. The summed E-state index contributed by atoms with van der Waals surface area (Å²) in [6, 6.07) is 5.69. The Morgan fingerprint density at radius 1 is 1.33 bits per heavy atom. The quantitative estimate of drug-likeness (QED) is 0.524. The van der Waals surface area contributed by atoms with E-state index < -0.39 is 23.5 Å². The van der Waals surface area contributed by atoms with E-state index in [9.17, 15) is 9.59 Å². The molecule has 27 heavy (non-hydrogen) atoms. The molecule has 0 aromatic heterocycles. The van der Waals surface area contributed by atoms with E-state index >= 15 is 0 Å². The number of amides is 1. The molecule has 1 aliphatic carbocycles. The summed E-state index contributed by atoms with van der Waals surface area (Å²) in [5.41, 5.74) is 6.09. The van der Waals surface area contributed by atoms with Crippen molar-refractivity contribution in [2.75, 3.05) is 13.7 Å². The normalized spacial score (nSPS) is 18.9. The molecule has 0 aliphatic heterocycles. The molecule has 1 aromatic rings. The van der Waals surface area contributed by atoms with Crippen molar-refractivity contribution in [3.05, 3.63) is 35.4 Å². The van der Waals surface area contributed by atoms with Crippen molar-refractivity contribution < 1.29 is 19.4 Å². The molecule has 4 N–H and O–H groups in total. The van der Waals surface area contributed by atoms with Crippen LogP contribution in [0.1, 0.15) is 36.2 Å². The number of carbonyl (C=O) groups is 2. The number of aliphatic hydroxyl groups excluding tert-OH is 1. The molecule has 3 unspecified atom stereocenters. The first-order valence-corrected chi connectivity index (χ1v) is 8.66. The van der Waals surface area contributed by atoms with E-state index in [2.05, 4.69) is 29.0 Å². The number of hydrogen-bond acceptors (Lipinski definition) is 5. The molecule has 0 heterocycles. The number of ether oxygens (including phenoxy) is 1. The van der Waals surface area contributed by atoms with Crippen molar-refractivity contribution in [1.82, 2.24) is 5.32 Å². The molecule has 0 saturated heterocycles. The van der Waals surface area contributed by atoms with Gasteiger partial charge >= 0.3 is 5.97 Å². The summed E-state index contributed by atoms with van der Waals surface area (Å²) < 4.78 is 4.71. The van der Waals surface area contributed by atoms with Crippen LogP contribution in [0.15, 0.2) is 24.3 Å². The molecule has 1 fully saturated rings. The predicted octanol–water partition coefficient (Wildman–Crippen LogP) is 0.679. The number of methoxy groups -OCH3 is 1. The Bertz CT molecular complexity index is 816. The lowest BCUT2D eigenvalue weighted by atomic mass is 9.95. The third kappa shape index (κ3) is 5.86. The second-order valence-corrected chi connectivity index (χ2v) is 7.13. The summed E-state index contributed by atoms with van der Waals surface area (Å²) in [5, 5.41) is 11.6. The van der Waals surface area contributed by atoms with E-state index in [1.165, 1.54) is 7.11 Å². The van der Waals surface area contributed by atoms with Crippen molar-refractivity contribution in [2.45, 2.75) is 31.8 Å². The van der Waals surface area contributed by atoms with Gasteiger partial charge in [0.15, 0.2) is 0 Å². The van der Waals surface area contributed by atoms with Crippen LogP contribution in [-0.2, 0) is 9.53 Å². The minimum absolute atomic E-state index is 0.175. The number of carbonyl (C=O) groups excluding carboxylic acids is 2. The van der Waals surface area contributed by atoms with Gasteiger partial charge < -0.3 is 20.9 Å². The maximum atomic E-state index is 12.4. The van der Waals surface area contributed by atoms with Gasteiger partial charge in [-0.3, -0.25) is 4.79 Å². The van der Waals surface area contributed by atoms with E-state index in [-0.39, 0.29) is 12.5 Å². The van der Waals surface area contributed by atoms with Gasteiger partial charge in [-0.15, -0.1) is 0 Å². The standard InChI is InChI=1S/C21H24N2O4/c1-21(2,22)18(20(26)27-3)23-19(25)15-10-8-14(9-11-15)6-4-5-7-16-12-17(16)13-24/h8-11,16-18,24H,12-13,22H2,1-3H3,(H,23,25). The van der Waals surface area contributed by atoms with Crippen LogP contribution in [0.5, 0.6) is 0 Å². The van der Waals surface area contributed by atoms with Crippen molar-refractivity contribution in [1.29, 1.82) is 0 Å². The van der Waals surface area contributed by atoms with Gasteiger partial charge in [-0.05, 0) is 62.3 Å². The Morgan fingerprint density at radius 3 is 2.52 bits per heavy atom. The number of nitrogens with two attached hydrogens (primary N) is 1. The first kappa shape index (κ1) is 20.5. The van der Waals surface area contributed by atoms with Crippen molar-refractivity contribution in [3.8, 4) is 23.7 Å². The Balaban J connectivity index is 2.00. The first-order valence-electron chi connectivity index (χ1n) is 8.66. The number of aliphatic hydroxyl groups is 1. The summed E-state index contributed by atoms with van der Waals surface area (Å²) >= 11 is 0. The van der Waals surface area contributed by atoms with E-state index in [0.717, 1.165) is 12.0 Å². The highest BCUT2D eigenvalue weighted by atomic mass is 16.5. The zero-order chi connectivity index (χ0) is 20.0. The maximum absolute atomic E-state index is 12.4. The molecule has 6 nitrogen and oxygen atoms in total. The Morgan fingerprint density at radius 2 is 2.00 bits per heavy atom. The topological polar surface area (TPSA) is 102 Å². The highest BCUT2D eigenvalue weighted by Gasteiger charge is 2.35. The fourth-order valence-electron chi connectivity index (χ4n) is 2.44. The van der Waals surface area contributed by atoms with Gasteiger partial charge in [0.05, 0.1) is 7.11 Å². The number of rotatable bonds is 5. The highest BCUT2D eigenvalue weighted by Crippen LogP contribution is 2.36. The van der Waals surface area contributed by atoms with Gasteiger partial charge in [0.2, 0.25) is 0 Å². The molecular weight excluding hydrogens is 344 g/mol. The van der Waals surface area contributed by atoms with Gasteiger partial charge in [-0.1, -0.05) is 11.8 Å². The van der Waals surface area contributed by atoms with Crippen LogP contribution >= 0.6 is 0 Å². The predicted molar refractivity (Wildman–Crippen MR) is 101 cm³/mol. The van der Waals surface area contributed by atoms with E-state index in [1.807, 2.05) is 0 Å². The number of nitrogens with one attached hydrogen (secondary N) is 1. The third-order valence-corrected chi connectivity index (χ3v) is 4.29. The lowest BCUT2D eigenvalue weighted by Crippen LogP contribution is -2.59. The average molecular weight is 368 g/mol. The van der Waals surface area contributed by atoms with E-state index in [1.54, 1.807) is 38.1 Å². The maximum Gasteiger partial charge on any atom is 0.330 e. The van der Waals surface area contributed by atoms with Crippen LogP contribution in [0.25, 0.3) is 0 Å². The SMILES string of the molecule is COC(=O)C(NC(=O)c1ccc(C#CC#CC2CC2CO)cc1)C(C)(C)N. The first-order chi connectivity index (χ1) is 12.8. The molecule has 0 bridgehead atoms. The van der Waals surface area contributed by atoms with Crippen LogP contribution in [0.2, 0.25) is 0 Å². The van der Waals surface area contributed by atoms with Crippen LogP contribution in [0.3, 0.4) is 0 Å². The summed E-state index contributed by atoms with van der Waals surface area (Å²) in [6.45, 7) is 3.45. The Kier molecular flexibility index (Phi) is 6.63. The van der Waals surface area contributed by atoms with Crippen molar-refractivity contribution in [3.63, 3.8) is 0 Å². The summed E-state index contributed by atoms with van der Waals surface area (Å²) in [5.74, 6) is 11.0. The van der Waals surface area contributed by atoms with Gasteiger partial charge in [0, 0.05) is 29.2 Å². The molecule has 2 rings (SSSR count). The number of esters is 1. The van der Waals surface area contributed by atoms with Crippen LogP contribution < -0.4 is 11.1 Å². The second-order valence-electron chi connectivity index (χ2n) is 7.13. The van der Waals surface area contributed by atoms with Crippen LogP contribution in [0, 0.1) is 35.5 Å². The molecule has 1 aliphatic rings. The molecule has 1 amide bonds. The zero-order valence-electron chi connectivity index (χ0n) is 15.7. The number of benzene rings is 1. The fraction of sp³-hybridized carbons (Fsp3) is 0.429. The smallest absolute Gasteiger partial charge is 0.330 e. The average Bonchev–Trinajstić information content (AvgIpc) is 3.40. The lowest BCUT2D eigenvalue weighted by molar-refractivity contribution is -0.144. The molecule has 1 saturated carbocycles. The number of hydrogen-bond donors (Lipinski definition) is 3. The highest BCUT2D eigenvalue weighted by molar-refractivity contribution is 5.97. The summed E-state index contributed by atoms with van der Waals surface area (Å²) in [4.78, 5) is 24.2. The largest absolute Gasteiger partial charge is 0.467 e. The van der Waals surface area contributed by atoms with Crippen LogP contribution in [-0.4, -0.2) is 42.3 Å². The fourth-order valence-corrected chi connectivity index (χ4v) is 2.44. The monoisotopic (exact) mass is 368 g/mol. The molecule has 1 aromatic carbocycles. The molecule has 142 valence electrons. The van der Waals surface area contributed by atoms with Crippen LogP contribution in [0.4, 0.5) is 0 Å². The molecular formula is C21H24N2O4. The Labute approximate surface area is 159 Å². The van der Waals surface area contributed by atoms with Crippen molar-refractivity contribution in [2.24, 2.45) is 17.6 Å². The van der Waals surface area contributed by atoms with Gasteiger partial charge in [-0.25, -0.2) is 4.79 Å². The molecule has 0 spiro atoms.